The molecule has 88 valence electrons. The van der Waals surface area contributed by atoms with Crippen LogP contribution in [0.4, 0.5) is 5.69 Å². The molecular weight excluding hydrogens is 216 g/mol. The van der Waals surface area contributed by atoms with Gasteiger partial charge < -0.3 is 10.5 Å². The maximum atomic E-state index is 12.0. The Bertz CT molecular complexity index is 603. The van der Waals surface area contributed by atoms with E-state index in [1.165, 1.54) is 0 Å². The van der Waals surface area contributed by atoms with E-state index in [0.29, 0.717) is 11.4 Å². The highest BCUT2D eigenvalue weighted by Gasteiger charge is 2.10. The van der Waals surface area contributed by atoms with Gasteiger partial charge in [0.1, 0.15) is 5.75 Å². The van der Waals surface area contributed by atoms with Gasteiger partial charge in [0.05, 0.1) is 18.5 Å². The number of nitrogen functional groups attached to an aromatic ring is 1. The Morgan fingerprint density at radius 3 is 2.59 bits per heavy atom. The van der Waals surface area contributed by atoms with Crippen molar-refractivity contribution >= 4 is 5.69 Å². The van der Waals surface area contributed by atoms with Crippen molar-refractivity contribution in [2.75, 3.05) is 12.8 Å². The Hall–Kier alpha value is -2.23. The summed E-state index contributed by atoms with van der Waals surface area (Å²) in [5, 5.41) is 0. The molecule has 0 fully saturated rings. The molecule has 0 aliphatic heterocycles. The standard InChI is InChI=1S/C13H14N2O2/c1-9-7-8-10(14)13(16)15(9)11-5-3-4-6-12(11)17-2/h3-8H,14H2,1-2H3. The lowest BCUT2D eigenvalue weighted by Crippen LogP contribution is -2.23. The molecular formula is C13H14N2O2. The third-order valence-electron chi connectivity index (χ3n) is 2.63. The zero-order valence-electron chi connectivity index (χ0n) is 9.81. The van der Waals surface area contributed by atoms with E-state index in [9.17, 15) is 4.79 Å². The molecule has 0 saturated heterocycles. The number of rotatable bonds is 2. The van der Waals surface area contributed by atoms with Gasteiger partial charge >= 0.3 is 0 Å². The Kier molecular flexibility index (Phi) is 2.87. The first-order valence-electron chi connectivity index (χ1n) is 5.26. The maximum absolute atomic E-state index is 12.0. The maximum Gasteiger partial charge on any atom is 0.278 e. The van der Waals surface area contributed by atoms with Crippen LogP contribution in [0.15, 0.2) is 41.2 Å². The molecule has 4 nitrogen and oxygen atoms in total. The van der Waals surface area contributed by atoms with E-state index in [4.69, 9.17) is 10.5 Å². The predicted octanol–water partition coefficient (Wildman–Crippen LogP) is 1.74. The minimum Gasteiger partial charge on any atom is -0.495 e. The van der Waals surface area contributed by atoms with E-state index >= 15 is 0 Å². The van der Waals surface area contributed by atoms with Crippen LogP contribution in [-0.2, 0) is 0 Å². The van der Waals surface area contributed by atoms with Gasteiger partial charge in [-0.15, -0.1) is 0 Å². The quantitative estimate of drug-likeness (QED) is 0.854. The fourth-order valence-corrected chi connectivity index (χ4v) is 1.76. The predicted molar refractivity (Wildman–Crippen MR) is 67.7 cm³/mol. The summed E-state index contributed by atoms with van der Waals surface area (Å²) < 4.78 is 6.80. The molecule has 2 aromatic rings. The number of hydrogen-bond acceptors (Lipinski definition) is 3. The number of para-hydroxylation sites is 2. The number of hydrogen-bond donors (Lipinski definition) is 1. The number of nitrogens with two attached hydrogens (primary N) is 1. The summed E-state index contributed by atoms with van der Waals surface area (Å²) in [7, 11) is 1.57. The van der Waals surface area contributed by atoms with Crippen LogP contribution in [0, 0.1) is 6.92 Å². The molecule has 0 amide bonds. The summed E-state index contributed by atoms with van der Waals surface area (Å²) >= 11 is 0. The summed E-state index contributed by atoms with van der Waals surface area (Å²) in [6, 6.07) is 10.8. The summed E-state index contributed by atoms with van der Waals surface area (Å²) in [4.78, 5) is 12.0. The first kappa shape index (κ1) is 11.3. The SMILES string of the molecule is COc1ccccc1-n1c(C)ccc(N)c1=O. The molecule has 4 heteroatoms. The van der Waals surface area contributed by atoms with Crippen molar-refractivity contribution in [1.82, 2.24) is 4.57 Å². The molecule has 1 heterocycles. The molecule has 0 aliphatic carbocycles. The van der Waals surface area contributed by atoms with E-state index in [0.717, 1.165) is 5.69 Å². The fourth-order valence-electron chi connectivity index (χ4n) is 1.76. The van der Waals surface area contributed by atoms with Crippen LogP contribution >= 0.6 is 0 Å². The van der Waals surface area contributed by atoms with Crippen molar-refractivity contribution in [1.29, 1.82) is 0 Å². The fraction of sp³-hybridized carbons (Fsp3) is 0.154. The monoisotopic (exact) mass is 230 g/mol. The lowest BCUT2D eigenvalue weighted by Gasteiger charge is -2.13. The largest absolute Gasteiger partial charge is 0.495 e. The number of anilines is 1. The van der Waals surface area contributed by atoms with E-state index in [-0.39, 0.29) is 11.2 Å². The second-order valence-corrected chi connectivity index (χ2v) is 3.74. The van der Waals surface area contributed by atoms with Crippen LogP contribution in [-0.4, -0.2) is 11.7 Å². The van der Waals surface area contributed by atoms with Gasteiger partial charge in [0.25, 0.3) is 5.56 Å². The highest BCUT2D eigenvalue weighted by atomic mass is 16.5. The number of aromatic nitrogens is 1. The Morgan fingerprint density at radius 1 is 1.18 bits per heavy atom. The van der Waals surface area contributed by atoms with Crippen LogP contribution in [0.25, 0.3) is 5.69 Å². The summed E-state index contributed by atoms with van der Waals surface area (Å²) in [6.45, 7) is 1.85. The van der Waals surface area contributed by atoms with Gasteiger partial charge in [0, 0.05) is 5.69 Å². The number of nitrogens with zero attached hydrogens (tertiary/aromatic N) is 1. The summed E-state index contributed by atoms with van der Waals surface area (Å²) in [6.07, 6.45) is 0. The van der Waals surface area contributed by atoms with Crippen LogP contribution in [0.5, 0.6) is 5.75 Å². The molecule has 0 bridgehead atoms. The van der Waals surface area contributed by atoms with Crippen molar-refractivity contribution in [3.8, 4) is 11.4 Å². The topological polar surface area (TPSA) is 57.2 Å². The first-order valence-corrected chi connectivity index (χ1v) is 5.26. The molecule has 0 unspecified atom stereocenters. The average Bonchev–Trinajstić information content (AvgIpc) is 2.35. The second-order valence-electron chi connectivity index (χ2n) is 3.74. The normalized spacial score (nSPS) is 10.2. The summed E-state index contributed by atoms with van der Waals surface area (Å²) in [5.74, 6) is 0.642. The number of benzene rings is 1. The van der Waals surface area contributed by atoms with E-state index in [2.05, 4.69) is 0 Å². The molecule has 0 saturated carbocycles. The average molecular weight is 230 g/mol. The van der Waals surface area contributed by atoms with E-state index in [1.54, 1.807) is 17.7 Å². The van der Waals surface area contributed by atoms with Gasteiger partial charge in [-0.1, -0.05) is 12.1 Å². The van der Waals surface area contributed by atoms with Gasteiger partial charge in [-0.05, 0) is 31.2 Å². The third-order valence-corrected chi connectivity index (χ3v) is 2.63. The number of pyridine rings is 1. The zero-order valence-corrected chi connectivity index (χ0v) is 9.81. The van der Waals surface area contributed by atoms with E-state index < -0.39 is 0 Å². The van der Waals surface area contributed by atoms with Gasteiger partial charge in [-0.3, -0.25) is 9.36 Å². The van der Waals surface area contributed by atoms with Crippen molar-refractivity contribution in [3.05, 3.63) is 52.4 Å². The molecule has 0 atom stereocenters. The molecule has 1 aromatic carbocycles. The lowest BCUT2D eigenvalue weighted by atomic mass is 10.2. The van der Waals surface area contributed by atoms with Gasteiger partial charge in [0.2, 0.25) is 0 Å². The van der Waals surface area contributed by atoms with Crippen LogP contribution in [0.1, 0.15) is 5.69 Å². The van der Waals surface area contributed by atoms with Crippen LogP contribution in [0.2, 0.25) is 0 Å². The van der Waals surface area contributed by atoms with Crippen LogP contribution < -0.4 is 16.0 Å². The first-order chi connectivity index (χ1) is 8.15. The molecule has 1 aromatic heterocycles. The van der Waals surface area contributed by atoms with Gasteiger partial charge in [-0.25, -0.2) is 0 Å². The smallest absolute Gasteiger partial charge is 0.278 e. The van der Waals surface area contributed by atoms with Crippen molar-refractivity contribution in [2.45, 2.75) is 6.92 Å². The Balaban J connectivity index is 2.77. The van der Waals surface area contributed by atoms with Crippen molar-refractivity contribution in [2.24, 2.45) is 0 Å². The zero-order chi connectivity index (χ0) is 12.4. The molecule has 0 spiro atoms. The second kappa shape index (κ2) is 4.33. The number of ether oxygens (including phenoxy) is 1. The molecule has 0 radical (unpaired) electrons. The molecule has 17 heavy (non-hydrogen) atoms. The van der Waals surface area contributed by atoms with Crippen molar-refractivity contribution < 1.29 is 4.74 Å². The highest BCUT2D eigenvalue weighted by molar-refractivity contribution is 5.50. The molecule has 2 rings (SSSR count). The van der Waals surface area contributed by atoms with Crippen LogP contribution in [0.3, 0.4) is 0 Å². The van der Waals surface area contributed by atoms with Gasteiger partial charge in [0.15, 0.2) is 0 Å². The summed E-state index contributed by atoms with van der Waals surface area (Å²) in [5.41, 5.74) is 7.15. The molecule has 0 aliphatic rings. The Morgan fingerprint density at radius 2 is 1.88 bits per heavy atom. The number of methoxy groups -OCH3 is 1. The minimum atomic E-state index is -0.227. The highest BCUT2D eigenvalue weighted by Crippen LogP contribution is 2.22. The molecule has 2 N–H and O–H groups in total. The Labute approximate surface area is 99.3 Å². The third kappa shape index (κ3) is 1.89. The van der Waals surface area contributed by atoms with Gasteiger partial charge in [-0.2, -0.15) is 0 Å². The lowest BCUT2D eigenvalue weighted by molar-refractivity contribution is 0.412. The minimum absolute atomic E-state index is 0.224. The number of aryl methyl sites for hydroxylation is 1. The van der Waals surface area contributed by atoms with E-state index in [1.807, 2.05) is 37.3 Å². The van der Waals surface area contributed by atoms with Crippen molar-refractivity contribution in [3.63, 3.8) is 0 Å².